The molecule has 1 aromatic heterocycles. The third-order valence-electron chi connectivity index (χ3n) is 2.80. The first-order chi connectivity index (χ1) is 8.04. The van der Waals surface area contributed by atoms with Crippen molar-refractivity contribution in [1.82, 2.24) is 9.88 Å². The van der Waals surface area contributed by atoms with Crippen LogP contribution in [-0.4, -0.2) is 39.6 Å². The molecule has 0 aromatic carbocycles. The van der Waals surface area contributed by atoms with Gasteiger partial charge in [-0.05, 0) is 38.8 Å². The van der Waals surface area contributed by atoms with E-state index >= 15 is 0 Å². The topological polar surface area (TPSA) is 36.4 Å². The monoisotopic (exact) mass is 254 g/mol. The first-order valence-corrected chi connectivity index (χ1v) is 7.13. The molecule has 4 heteroatoms. The zero-order valence-electron chi connectivity index (χ0n) is 11.1. The third-order valence-corrected chi connectivity index (χ3v) is 3.93. The van der Waals surface area contributed by atoms with Crippen molar-refractivity contribution >= 4 is 11.8 Å². The number of hydrogen-bond donors (Lipinski definition) is 1. The highest BCUT2D eigenvalue weighted by Crippen LogP contribution is 2.18. The molecule has 96 valence electrons. The summed E-state index contributed by atoms with van der Waals surface area (Å²) >= 11 is 1.94. The molecule has 1 aromatic rings. The number of rotatable bonds is 6. The zero-order valence-corrected chi connectivity index (χ0v) is 11.9. The Balaban J connectivity index is 2.60. The molecule has 0 bridgehead atoms. The summed E-state index contributed by atoms with van der Waals surface area (Å²) in [6.07, 6.45) is 0. The van der Waals surface area contributed by atoms with Crippen molar-refractivity contribution in [2.45, 2.75) is 33.4 Å². The Kier molecular flexibility index (Phi) is 5.78. The fourth-order valence-electron chi connectivity index (χ4n) is 1.53. The van der Waals surface area contributed by atoms with E-state index in [9.17, 15) is 5.11 Å². The molecule has 0 radical (unpaired) electrons. The number of aromatic hydroxyl groups is 1. The number of aromatic nitrogens is 1. The maximum Gasteiger partial charge on any atom is 0.138 e. The molecule has 0 amide bonds. The SMILES string of the molecule is CCSC[C@@H](C)N(C)Cc1nc(C)ccc1O. The Morgan fingerprint density at radius 3 is 2.82 bits per heavy atom. The van der Waals surface area contributed by atoms with Gasteiger partial charge in [-0.2, -0.15) is 11.8 Å². The molecule has 0 spiro atoms. The van der Waals surface area contributed by atoms with E-state index < -0.39 is 0 Å². The summed E-state index contributed by atoms with van der Waals surface area (Å²) in [6.45, 7) is 7.01. The van der Waals surface area contributed by atoms with Gasteiger partial charge in [0.05, 0.1) is 5.69 Å². The van der Waals surface area contributed by atoms with Gasteiger partial charge in [-0.25, -0.2) is 0 Å². The zero-order chi connectivity index (χ0) is 12.8. The summed E-state index contributed by atoms with van der Waals surface area (Å²) in [7, 11) is 2.07. The average Bonchev–Trinajstić information content (AvgIpc) is 2.30. The summed E-state index contributed by atoms with van der Waals surface area (Å²) < 4.78 is 0. The van der Waals surface area contributed by atoms with Gasteiger partial charge in [-0.3, -0.25) is 9.88 Å². The van der Waals surface area contributed by atoms with Gasteiger partial charge < -0.3 is 5.11 Å². The minimum Gasteiger partial charge on any atom is -0.506 e. The molecule has 1 atom stereocenters. The molecule has 0 aliphatic carbocycles. The van der Waals surface area contributed by atoms with E-state index in [0.29, 0.717) is 12.6 Å². The van der Waals surface area contributed by atoms with E-state index in [2.05, 4.69) is 30.8 Å². The summed E-state index contributed by atoms with van der Waals surface area (Å²) in [4.78, 5) is 6.60. The lowest BCUT2D eigenvalue weighted by atomic mass is 10.2. The van der Waals surface area contributed by atoms with E-state index in [4.69, 9.17) is 0 Å². The van der Waals surface area contributed by atoms with Gasteiger partial charge in [0, 0.05) is 24.0 Å². The lowest BCUT2D eigenvalue weighted by molar-refractivity contribution is 0.262. The second-order valence-electron chi connectivity index (χ2n) is 4.34. The Labute approximate surface area is 108 Å². The van der Waals surface area contributed by atoms with Crippen LogP contribution in [0.2, 0.25) is 0 Å². The molecular weight excluding hydrogens is 232 g/mol. The predicted octanol–water partition coefficient (Wildman–Crippen LogP) is 2.67. The van der Waals surface area contributed by atoms with Gasteiger partial charge in [0.1, 0.15) is 5.75 Å². The molecule has 0 aliphatic rings. The van der Waals surface area contributed by atoms with Crippen LogP contribution in [0.25, 0.3) is 0 Å². The molecule has 3 nitrogen and oxygen atoms in total. The number of thioether (sulfide) groups is 1. The summed E-state index contributed by atoms with van der Waals surface area (Å²) in [5, 5.41) is 9.75. The van der Waals surface area contributed by atoms with Crippen molar-refractivity contribution in [3.63, 3.8) is 0 Å². The normalized spacial score (nSPS) is 13.0. The first kappa shape index (κ1) is 14.3. The molecule has 17 heavy (non-hydrogen) atoms. The standard InChI is InChI=1S/C13H22N2OS/c1-5-17-9-11(3)15(4)8-12-13(16)7-6-10(2)14-12/h6-7,11,16H,5,8-9H2,1-4H3/t11-/m1/s1. The Hall–Kier alpha value is -0.740. The predicted molar refractivity (Wildman–Crippen MR) is 74.6 cm³/mol. The number of hydrogen-bond acceptors (Lipinski definition) is 4. The Morgan fingerprint density at radius 1 is 1.47 bits per heavy atom. The molecule has 0 unspecified atom stereocenters. The van der Waals surface area contributed by atoms with Gasteiger partial charge in [0.15, 0.2) is 0 Å². The van der Waals surface area contributed by atoms with E-state index in [-0.39, 0.29) is 5.75 Å². The second-order valence-corrected chi connectivity index (χ2v) is 5.66. The van der Waals surface area contributed by atoms with Crippen LogP contribution in [0.3, 0.4) is 0 Å². The van der Waals surface area contributed by atoms with Crippen molar-refractivity contribution in [3.05, 3.63) is 23.5 Å². The maximum absolute atomic E-state index is 9.75. The molecule has 1 rings (SSSR count). The highest BCUT2D eigenvalue weighted by atomic mass is 32.2. The molecular formula is C13H22N2OS. The lowest BCUT2D eigenvalue weighted by Crippen LogP contribution is -2.31. The van der Waals surface area contributed by atoms with Crippen LogP contribution in [0.4, 0.5) is 0 Å². The molecule has 0 aliphatic heterocycles. The third kappa shape index (κ3) is 4.56. The van der Waals surface area contributed by atoms with E-state index in [1.807, 2.05) is 24.8 Å². The summed E-state index contributed by atoms with van der Waals surface area (Å²) in [5.74, 6) is 2.55. The van der Waals surface area contributed by atoms with Crippen LogP contribution >= 0.6 is 11.8 Å². The average molecular weight is 254 g/mol. The number of nitrogens with zero attached hydrogens (tertiary/aromatic N) is 2. The van der Waals surface area contributed by atoms with Crippen LogP contribution in [0, 0.1) is 6.92 Å². The van der Waals surface area contributed by atoms with Crippen LogP contribution in [0.1, 0.15) is 25.2 Å². The second kappa shape index (κ2) is 6.87. The quantitative estimate of drug-likeness (QED) is 0.847. The van der Waals surface area contributed by atoms with Gasteiger partial charge >= 0.3 is 0 Å². The van der Waals surface area contributed by atoms with Crippen molar-refractivity contribution < 1.29 is 5.11 Å². The van der Waals surface area contributed by atoms with Crippen molar-refractivity contribution in [1.29, 1.82) is 0 Å². The van der Waals surface area contributed by atoms with Crippen LogP contribution in [0.15, 0.2) is 12.1 Å². The first-order valence-electron chi connectivity index (χ1n) is 5.98. The fraction of sp³-hybridized carbons (Fsp3) is 0.615. The molecule has 0 saturated heterocycles. The Morgan fingerprint density at radius 2 is 2.18 bits per heavy atom. The molecule has 1 heterocycles. The van der Waals surface area contributed by atoms with E-state index in [0.717, 1.165) is 22.9 Å². The minimum absolute atomic E-state index is 0.290. The smallest absolute Gasteiger partial charge is 0.138 e. The summed E-state index contributed by atoms with van der Waals surface area (Å²) in [5.41, 5.74) is 1.71. The van der Waals surface area contributed by atoms with Gasteiger partial charge in [-0.1, -0.05) is 6.92 Å². The van der Waals surface area contributed by atoms with Gasteiger partial charge in [0.2, 0.25) is 0 Å². The maximum atomic E-state index is 9.75. The van der Waals surface area contributed by atoms with Crippen LogP contribution in [-0.2, 0) is 6.54 Å². The number of pyridine rings is 1. The van der Waals surface area contributed by atoms with Gasteiger partial charge in [0.25, 0.3) is 0 Å². The van der Waals surface area contributed by atoms with Crippen molar-refractivity contribution in [2.75, 3.05) is 18.6 Å². The highest BCUT2D eigenvalue weighted by Gasteiger charge is 2.12. The van der Waals surface area contributed by atoms with Crippen LogP contribution in [0.5, 0.6) is 5.75 Å². The summed E-state index contributed by atoms with van der Waals surface area (Å²) in [6, 6.07) is 4.04. The molecule has 1 N–H and O–H groups in total. The van der Waals surface area contributed by atoms with E-state index in [1.165, 1.54) is 0 Å². The van der Waals surface area contributed by atoms with Crippen molar-refractivity contribution in [2.24, 2.45) is 0 Å². The largest absolute Gasteiger partial charge is 0.506 e. The fourth-order valence-corrected chi connectivity index (χ4v) is 2.36. The minimum atomic E-state index is 0.290. The Bertz CT molecular complexity index is 357. The van der Waals surface area contributed by atoms with Gasteiger partial charge in [-0.15, -0.1) is 0 Å². The van der Waals surface area contributed by atoms with Crippen LogP contribution < -0.4 is 0 Å². The van der Waals surface area contributed by atoms with E-state index in [1.54, 1.807) is 6.07 Å². The number of aryl methyl sites for hydroxylation is 1. The molecule has 0 saturated carbocycles. The van der Waals surface area contributed by atoms with Crippen molar-refractivity contribution in [3.8, 4) is 5.75 Å². The molecule has 0 fully saturated rings. The lowest BCUT2D eigenvalue weighted by Gasteiger charge is -2.24. The highest BCUT2D eigenvalue weighted by molar-refractivity contribution is 7.99.